The number of carbonyl (C=O) groups is 2. The van der Waals surface area contributed by atoms with Crippen LogP contribution >= 0.6 is 11.8 Å². The average molecular weight is 201 g/mol. The first kappa shape index (κ1) is 10.0. The third-order valence-electron chi connectivity index (χ3n) is 1.47. The minimum atomic E-state index is -0.117. The number of hydrogen-bond acceptors (Lipinski definition) is 4. The molecule has 6 heteroatoms. The summed E-state index contributed by atoms with van der Waals surface area (Å²) in [5.74, 6) is 0.277. The minimum Gasteiger partial charge on any atom is -0.304 e. The molecule has 0 aromatic rings. The maximum absolute atomic E-state index is 10.9. The second kappa shape index (κ2) is 4.27. The monoisotopic (exact) mass is 201 g/mol. The molecule has 0 saturated heterocycles. The van der Waals surface area contributed by atoms with Gasteiger partial charge in [-0.25, -0.2) is 5.01 Å². The standard InChI is InChI=1S/C7H11N3O2S/c1-3-6(12)8-7-9-10(4-13-7)5(2)11/h3-4H2,1-2H3,(H,8,9,12). The SMILES string of the molecule is CCC(=O)NC1=NN(C(C)=O)CS1. The number of carbonyl (C=O) groups excluding carboxylic acids is 2. The molecule has 1 aliphatic rings. The summed E-state index contributed by atoms with van der Waals surface area (Å²) in [4.78, 5) is 21.8. The van der Waals surface area contributed by atoms with E-state index in [4.69, 9.17) is 0 Å². The average Bonchev–Trinajstić information content (AvgIpc) is 2.52. The topological polar surface area (TPSA) is 61.8 Å². The molecule has 0 aliphatic carbocycles. The number of hydrogen-bond donors (Lipinski definition) is 1. The molecule has 0 unspecified atom stereocenters. The second-order valence-electron chi connectivity index (χ2n) is 2.50. The zero-order chi connectivity index (χ0) is 9.84. The maximum atomic E-state index is 10.9. The summed E-state index contributed by atoms with van der Waals surface area (Å²) in [6.07, 6.45) is 0.416. The lowest BCUT2D eigenvalue weighted by Crippen LogP contribution is -2.26. The molecule has 0 bridgehead atoms. The predicted octanol–water partition coefficient (Wildman–Crippen LogP) is 0.336. The third-order valence-corrected chi connectivity index (χ3v) is 2.30. The largest absolute Gasteiger partial charge is 0.304 e. The van der Waals surface area contributed by atoms with Crippen molar-refractivity contribution in [2.75, 3.05) is 5.88 Å². The van der Waals surface area contributed by atoms with Gasteiger partial charge < -0.3 is 5.32 Å². The van der Waals surface area contributed by atoms with Gasteiger partial charge in [0.25, 0.3) is 0 Å². The summed E-state index contributed by atoms with van der Waals surface area (Å²) in [5.41, 5.74) is 0. The highest BCUT2D eigenvalue weighted by molar-refractivity contribution is 8.14. The van der Waals surface area contributed by atoms with Gasteiger partial charge in [-0.2, -0.15) is 0 Å². The zero-order valence-electron chi connectivity index (χ0n) is 7.53. The lowest BCUT2D eigenvalue weighted by atomic mass is 10.5. The minimum absolute atomic E-state index is 0.0864. The van der Waals surface area contributed by atoms with E-state index < -0.39 is 0 Å². The second-order valence-corrected chi connectivity index (χ2v) is 3.43. The molecule has 0 aromatic heterocycles. The van der Waals surface area contributed by atoms with Gasteiger partial charge in [0.15, 0.2) is 5.17 Å². The van der Waals surface area contributed by atoms with Crippen molar-refractivity contribution in [3.63, 3.8) is 0 Å². The third kappa shape index (κ3) is 2.73. The fourth-order valence-electron chi connectivity index (χ4n) is 0.720. The Balaban J connectivity index is 2.50. The predicted molar refractivity (Wildman–Crippen MR) is 50.8 cm³/mol. The van der Waals surface area contributed by atoms with Crippen LogP contribution in [0.1, 0.15) is 20.3 Å². The fraction of sp³-hybridized carbons (Fsp3) is 0.571. The van der Waals surface area contributed by atoms with Gasteiger partial charge in [-0.1, -0.05) is 18.7 Å². The van der Waals surface area contributed by atoms with Crippen molar-refractivity contribution in [2.45, 2.75) is 20.3 Å². The highest BCUT2D eigenvalue weighted by Gasteiger charge is 2.18. The van der Waals surface area contributed by atoms with Crippen LogP contribution in [-0.4, -0.2) is 27.9 Å². The van der Waals surface area contributed by atoms with Gasteiger partial charge in [-0.15, -0.1) is 5.10 Å². The number of rotatable bonds is 1. The number of thioether (sulfide) groups is 1. The Labute approximate surface area is 80.5 Å². The molecule has 0 saturated carbocycles. The summed E-state index contributed by atoms with van der Waals surface area (Å²) >= 11 is 1.35. The van der Waals surface area contributed by atoms with Crippen LogP contribution in [0.25, 0.3) is 0 Å². The number of hydrazone groups is 1. The quantitative estimate of drug-likeness (QED) is 0.665. The molecule has 1 heterocycles. The summed E-state index contributed by atoms with van der Waals surface area (Å²) in [5, 5.41) is 8.32. The van der Waals surface area contributed by atoms with Crippen molar-refractivity contribution in [1.82, 2.24) is 10.3 Å². The Bertz CT molecular complexity index is 264. The summed E-state index contributed by atoms with van der Waals surface area (Å²) in [6, 6.07) is 0. The number of nitrogens with zero attached hydrogens (tertiary/aromatic N) is 2. The molecular weight excluding hydrogens is 190 g/mol. The van der Waals surface area contributed by atoms with Crippen molar-refractivity contribution in [1.29, 1.82) is 0 Å². The van der Waals surface area contributed by atoms with E-state index in [1.165, 1.54) is 23.7 Å². The van der Waals surface area contributed by atoms with Crippen molar-refractivity contribution in [3.05, 3.63) is 0 Å². The molecule has 13 heavy (non-hydrogen) atoms. The zero-order valence-corrected chi connectivity index (χ0v) is 8.35. The van der Waals surface area contributed by atoms with Gasteiger partial charge in [-0.05, 0) is 0 Å². The van der Waals surface area contributed by atoms with E-state index in [0.29, 0.717) is 17.5 Å². The molecule has 1 aliphatic heterocycles. The fourth-order valence-corrected chi connectivity index (χ4v) is 1.55. The molecule has 0 spiro atoms. The molecule has 0 atom stereocenters. The van der Waals surface area contributed by atoms with E-state index in [2.05, 4.69) is 10.4 Å². The molecule has 2 amide bonds. The van der Waals surface area contributed by atoms with Crippen LogP contribution in [0, 0.1) is 0 Å². The number of nitrogens with one attached hydrogen (secondary N) is 1. The number of amidine groups is 1. The van der Waals surface area contributed by atoms with Gasteiger partial charge in [0.1, 0.15) is 0 Å². The Hall–Kier alpha value is -1.04. The van der Waals surface area contributed by atoms with Crippen LogP contribution in [0.2, 0.25) is 0 Å². The van der Waals surface area contributed by atoms with Gasteiger partial charge >= 0.3 is 0 Å². The molecule has 1 N–H and O–H groups in total. The summed E-state index contributed by atoms with van der Waals surface area (Å²) < 4.78 is 0. The van der Waals surface area contributed by atoms with Crippen molar-refractivity contribution >= 4 is 28.7 Å². The van der Waals surface area contributed by atoms with Crippen LogP contribution in [0.5, 0.6) is 0 Å². The van der Waals surface area contributed by atoms with Crippen molar-refractivity contribution < 1.29 is 9.59 Å². The molecule has 1 rings (SSSR count). The van der Waals surface area contributed by atoms with Crippen LogP contribution < -0.4 is 5.32 Å². The van der Waals surface area contributed by atoms with Crippen LogP contribution in [0.4, 0.5) is 0 Å². The van der Waals surface area contributed by atoms with E-state index in [-0.39, 0.29) is 11.8 Å². The highest BCUT2D eigenvalue weighted by Crippen LogP contribution is 2.14. The van der Waals surface area contributed by atoms with E-state index in [0.717, 1.165) is 0 Å². The van der Waals surface area contributed by atoms with Crippen LogP contribution in [-0.2, 0) is 9.59 Å². The Kier molecular flexibility index (Phi) is 3.30. The van der Waals surface area contributed by atoms with E-state index in [9.17, 15) is 9.59 Å². The molecule has 0 aromatic carbocycles. The molecule has 5 nitrogen and oxygen atoms in total. The first-order valence-electron chi connectivity index (χ1n) is 3.93. The molecule has 72 valence electrons. The first-order valence-corrected chi connectivity index (χ1v) is 4.91. The molecule has 0 fully saturated rings. The van der Waals surface area contributed by atoms with Gasteiger partial charge in [0.05, 0.1) is 5.88 Å². The number of amides is 2. The summed E-state index contributed by atoms with van der Waals surface area (Å²) in [7, 11) is 0. The van der Waals surface area contributed by atoms with Crippen molar-refractivity contribution in [2.24, 2.45) is 5.10 Å². The lowest BCUT2D eigenvalue weighted by Gasteiger charge is -2.04. The van der Waals surface area contributed by atoms with E-state index >= 15 is 0 Å². The Morgan fingerprint density at radius 2 is 2.38 bits per heavy atom. The Morgan fingerprint density at radius 1 is 1.69 bits per heavy atom. The van der Waals surface area contributed by atoms with Gasteiger partial charge in [0, 0.05) is 13.3 Å². The Morgan fingerprint density at radius 3 is 2.85 bits per heavy atom. The van der Waals surface area contributed by atoms with Crippen LogP contribution in [0.15, 0.2) is 5.10 Å². The van der Waals surface area contributed by atoms with Crippen LogP contribution in [0.3, 0.4) is 0 Å². The summed E-state index contributed by atoms with van der Waals surface area (Å²) in [6.45, 7) is 3.20. The van der Waals surface area contributed by atoms with Gasteiger partial charge in [-0.3, -0.25) is 9.59 Å². The first-order chi connectivity index (χ1) is 6.13. The lowest BCUT2D eigenvalue weighted by molar-refractivity contribution is -0.127. The van der Waals surface area contributed by atoms with Gasteiger partial charge in [0.2, 0.25) is 11.8 Å². The highest BCUT2D eigenvalue weighted by atomic mass is 32.2. The maximum Gasteiger partial charge on any atom is 0.240 e. The molecular formula is C7H11N3O2S. The molecule has 0 radical (unpaired) electrons. The van der Waals surface area contributed by atoms with E-state index in [1.807, 2.05) is 0 Å². The van der Waals surface area contributed by atoms with E-state index in [1.54, 1.807) is 6.92 Å². The smallest absolute Gasteiger partial charge is 0.240 e. The van der Waals surface area contributed by atoms with Crippen molar-refractivity contribution in [3.8, 4) is 0 Å². The normalized spacial score (nSPS) is 15.5.